The van der Waals surface area contributed by atoms with Crippen molar-refractivity contribution >= 4 is 11.7 Å². The monoisotopic (exact) mass is 359 g/mol. The van der Waals surface area contributed by atoms with Gasteiger partial charge in [0.05, 0.1) is 12.2 Å². The number of nitrogen functional groups attached to an aromatic ring is 1. The number of nitrogens with one attached hydrogen (secondary N) is 1. The fraction of sp³-hybridized carbons (Fsp3) is 0.263. The lowest BCUT2D eigenvalue weighted by Crippen LogP contribution is -2.25. The Bertz CT molecular complexity index is 819. The van der Waals surface area contributed by atoms with Gasteiger partial charge in [-0.1, -0.05) is 12.1 Å². The number of hydrogen-bond donors (Lipinski definition) is 2. The van der Waals surface area contributed by atoms with E-state index in [4.69, 9.17) is 16.9 Å². The molecule has 0 atom stereocenters. The average molecular weight is 359 g/mol. The normalized spacial score (nSPS) is 10.2. The van der Waals surface area contributed by atoms with E-state index < -0.39 is 17.7 Å². The fourth-order valence-electron chi connectivity index (χ4n) is 2.23. The van der Waals surface area contributed by atoms with Crippen LogP contribution in [0.15, 0.2) is 30.3 Å². The average Bonchev–Trinajstić information content (AvgIpc) is 2.61. The third-order valence-corrected chi connectivity index (χ3v) is 3.59. The van der Waals surface area contributed by atoms with Crippen LogP contribution >= 0.6 is 0 Å². The molecule has 0 spiro atoms. The van der Waals surface area contributed by atoms with E-state index in [0.717, 1.165) is 18.9 Å². The Kier molecular flexibility index (Phi) is 6.92. The molecule has 1 amide bonds. The van der Waals surface area contributed by atoms with Gasteiger partial charge in [-0.15, -0.1) is 12.3 Å². The van der Waals surface area contributed by atoms with Crippen LogP contribution in [0.5, 0.6) is 5.75 Å². The van der Waals surface area contributed by atoms with Crippen LogP contribution in [0.1, 0.15) is 35.2 Å². The number of rotatable bonds is 8. The van der Waals surface area contributed by atoms with E-state index in [2.05, 4.69) is 16.2 Å². The number of carbonyl (C=O) groups is 1. The summed E-state index contributed by atoms with van der Waals surface area (Å²) in [5.41, 5.74) is 5.80. The number of nitrogens with zero attached hydrogens (tertiary/aromatic N) is 1. The van der Waals surface area contributed by atoms with Gasteiger partial charge >= 0.3 is 0 Å². The van der Waals surface area contributed by atoms with Crippen molar-refractivity contribution in [2.45, 2.75) is 25.8 Å². The summed E-state index contributed by atoms with van der Waals surface area (Å²) < 4.78 is 32.8. The minimum atomic E-state index is -0.780. The van der Waals surface area contributed by atoms with Crippen LogP contribution in [0.4, 0.5) is 14.6 Å². The lowest BCUT2D eigenvalue weighted by atomic mass is 10.2. The van der Waals surface area contributed by atoms with E-state index in [1.165, 1.54) is 18.2 Å². The third-order valence-electron chi connectivity index (χ3n) is 3.59. The number of unbranched alkanes of at least 4 members (excludes halogenated alkanes) is 2. The minimum Gasteiger partial charge on any atom is -0.491 e. The second kappa shape index (κ2) is 9.37. The van der Waals surface area contributed by atoms with Gasteiger partial charge in [-0.2, -0.15) is 4.39 Å². The first-order chi connectivity index (χ1) is 12.5. The highest BCUT2D eigenvalue weighted by Crippen LogP contribution is 2.21. The van der Waals surface area contributed by atoms with E-state index in [0.29, 0.717) is 13.0 Å². The van der Waals surface area contributed by atoms with Gasteiger partial charge in [-0.3, -0.25) is 4.79 Å². The molecule has 1 aromatic heterocycles. The van der Waals surface area contributed by atoms with Gasteiger partial charge in [-0.25, -0.2) is 9.37 Å². The maximum absolute atomic E-state index is 14.4. The zero-order chi connectivity index (χ0) is 18.9. The topological polar surface area (TPSA) is 77.2 Å². The van der Waals surface area contributed by atoms with E-state index >= 15 is 0 Å². The van der Waals surface area contributed by atoms with E-state index in [-0.39, 0.29) is 29.2 Å². The molecule has 7 heteroatoms. The predicted molar refractivity (Wildman–Crippen MR) is 94.4 cm³/mol. The van der Waals surface area contributed by atoms with Gasteiger partial charge in [0.1, 0.15) is 5.82 Å². The summed E-state index contributed by atoms with van der Waals surface area (Å²) in [4.78, 5) is 15.5. The molecule has 0 radical (unpaired) electrons. The number of nitrogens with two attached hydrogens (primary N) is 1. The Morgan fingerprint density at radius 3 is 2.81 bits per heavy atom. The SMILES string of the molecule is C#CCCCCOc1cccc(CNC(=O)c2ccc(F)nc2N)c1F. The lowest BCUT2D eigenvalue weighted by molar-refractivity contribution is 0.0951. The minimum absolute atomic E-state index is 0.0210. The van der Waals surface area contributed by atoms with Gasteiger partial charge < -0.3 is 15.8 Å². The lowest BCUT2D eigenvalue weighted by Gasteiger charge is -2.11. The molecule has 0 fully saturated rings. The molecular weight excluding hydrogens is 340 g/mol. The summed E-state index contributed by atoms with van der Waals surface area (Å²) in [6.07, 6.45) is 7.35. The van der Waals surface area contributed by atoms with Crippen molar-refractivity contribution in [2.24, 2.45) is 0 Å². The number of anilines is 1. The molecule has 0 aliphatic heterocycles. The molecule has 1 aromatic carbocycles. The Morgan fingerprint density at radius 1 is 1.27 bits per heavy atom. The molecule has 0 aliphatic carbocycles. The molecule has 3 N–H and O–H groups in total. The highest BCUT2D eigenvalue weighted by Gasteiger charge is 2.14. The molecule has 0 bridgehead atoms. The molecule has 0 saturated carbocycles. The Morgan fingerprint density at radius 2 is 2.08 bits per heavy atom. The van der Waals surface area contributed by atoms with Crippen molar-refractivity contribution in [1.82, 2.24) is 10.3 Å². The number of amides is 1. The number of pyridine rings is 1. The number of halogens is 2. The molecule has 0 aliphatic rings. The number of hydrogen-bond acceptors (Lipinski definition) is 4. The molecule has 2 aromatic rings. The summed E-state index contributed by atoms with van der Waals surface area (Å²) in [5, 5.41) is 2.53. The largest absolute Gasteiger partial charge is 0.491 e. The van der Waals surface area contributed by atoms with Crippen molar-refractivity contribution < 1.29 is 18.3 Å². The summed E-state index contributed by atoms with van der Waals surface area (Å²) in [6, 6.07) is 6.94. The number of aromatic nitrogens is 1. The molecule has 2 rings (SSSR count). The highest BCUT2D eigenvalue weighted by molar-refractivity contribution is 5.98. The van der Waals surface area contributed by atoms with Crippen LogP contribution in [-0.2, 0) is 6.54 Å². The second-order valence-corrected chi connectivity index (χ2v) is 5.49. The standard InChI is InChI=1S/C19H19F2N3O2/c1-2-3-4-5-11-26-15-8-6-7-13(17(15)21)12-23-19(25)14-9-10-16(20)24-18(14)22/h1,6-10H,3-5,11-12H2,(H2,22,24)(H,23,25). The van der Waals surface area contributed by atoms with Crippen LogP contribution < -0.4 is 15.8 Å². The molecule has 26 heavy (non-hydrogen) atoms. The Balaban J connectivity index is 1.96. The van der Waals surface area contributed by atoms with Crippen molar-refractivity contribution in [3.8, 4) is 18.1 Å². The van der Waals surface area contributed by atoms with Crippen molar-refractivity contribution in [2.75, 3.05) is 12.3 Å². The van der Waals surface area contributed by atoms with Gasteiger partial charge in [-0.05, 0) is 31.0 Å². The first kappa shape index (κ1) is 19.2. The number of ether oxygens (including phenoxy) is 1. The van der Waals surface area contributed by atoms with Gasteiger partial charge in [0, 0.05) is 18.5 Å². The summed E-state index contributed by atoms with van der Waals surface area (Å²) in [5.74, 6) is 0.512. The smallest absolute Gasteiger partial charge is 0.255 e. The van der Waals surface area contributed by atoms with Gasteiger partial charge in [0.15, 0.2) is 11.6 Å². The van der Waals surface area contributed by atoms with Crippen LogP contribution in [0, 0.1) is 24.1 Å². The van der Waals surface area contributed by atoms with E-state index in [1.54, 1.807) is 6.07 Å². The van der Waals surface area contributed by atoms with Gasteiger partial charge in [0.25, 0.3) is 5.91 Å². The molecule has 5 nitrogen and oxygen atoms in total. The summed E-state index contributed by atoms with van der Waals surface area (Å²) in [7, 11) is 0. The number of benzene rings is 1. The Labute approximate surface area is 150 Å². The summed E-state index contributed by atoms with van der Waals surface area (Å²) >= 11 is 0. The van der Waals surface area contributed by atoms with Gasteiger partial charge in [0.2, 0.25) is 5.95 Å². The zero-order valence-corrected chi connectivity index (χ0v) is 14.1. The fourth-order valence-corrected chi connectivity index (χ4v) is 2.23. The first-order valence-corrected chi connectivity index (χ1v) is 8.06. The maximum atomic E-state index is 14.4. The van der Waals surface area contributed by atoms with E-state index in [9.17, 15) is 13.6 Å². The molecule has 1 heterocycles. The van der Waals surface area contributed by atoms with Crippen LogP contribution in [0.3, 0.4) is 0 Å². The highest BCUT2D eigenvalue weighted by atomic mass is 19.1. The zero-order valence-electron chi connectivity index (χ0n) is 14.1. The second-order valence-electron chi connectivity index (χ2n) is 5.49. The van der Waals surface area contributed by atoms with Crippen LogP contribution in [0.2, 0.25) is 0 Å². The molecule has 136 valence electrons. The quantitative estimate of drug-likeness (QED) is 0.431. The predicted octanol–water partition coefficient (Wildman–Crippen LogP) is 3.05. The number of carbonyl (C=O) groups excluding carboxylic acids is 1. The first-order valence-electron chi connectivity index (χ1n) is 8.06. The molecule has 0 unspecified atom stereocenters. The maximum Gasteiger partial charge on any atom is 0.255 e. The van der Waals surface area contributed by atoms with Crippen LogP contribution in [0.25, 0.3) is 0 Å². The number of terminal acetylenes is 1. The summed E-state index contributed by atoms with van der Waals surface area (Å²) in [6.45, 7) is 0.280. The third kappa shape index (κ3) is 5.18. The van der Waals surface area contributed by atoms with Crippen LogP contribution in [-0.4, -0.2) is 17.5 Å². The molecular formula is C19H19F2N3O2. The van der Waals surface area contributed by atoms with Crippen molar-refractivity contribution in [3.63, 3.8) is 0 Å². The van der Waals surface area contributed by atoms with Crippen molar-refractivity contribution in [1.29, 1.82) is 0 Å². The van der Waals surface area contributed by atoms with E-state index in [1.807, 2.05) is 0 Å². The Hall–Kier alpha value is -3.14. The van der Waals surface area contributed by atoms with Crippen molar-refractivity contribution in [3.05, 3.63) is 53.2 Å². The molecule has 0 saturated heterocycles.